The van der Waals surface area contributed by atoms with Crippen LogP contribution in [0, 0.1) is 5.82 Å². The summed E-state index contributed by atoms with van der Waals surface area (Å²) in [6.07, 6.45) is 13.3. The van der Waals surface area contributed by atoms with Gasteiger partial charge in [0.15, 0.2) is 0 Å². The smallest absolute Gasteiger partial charge is 0.343 e. The molecule has 0 aliphatic heterocycles. The lowest BCUT2D eigenvalue weighted by atomic mass is 10.1. The first-order valence-electron chi connectivity index (χ1n) is 13.9. The fourth-order valence-corrected chi connectivity index (χ4v) is 3.99. The second kappa shape index (κ2) is 17.5. The third-order valence-corrected chi connectivity index (χ3v) is 6.25. The number of esters is 2. The molecule has 37 heavy (non-hydrogen) atoms. The molecule has 2 aromatic rings. The molecule has 0 spiro atoms. The minimum absolute atomic E-state index is 0.0194. The summed E-state index contributed by atoms with van der Waals surface area (Å²) in [5.41, 5.74) is 0.145. The molecule has 0 heterocycles. The molecule has 0 N–H and O–H groups in total. The van der Waals surface area contributed by atoms with Gasteiger partial charge in [-0.15, -0.1) is 0 Å². The number of carbonyl (C=O) groups is 2. The maximum absolute atomic E-state index is 14.6. The number of ether oxygens (including phenoxy) is 3. The number of rotatable bonds is 18. The Hall–Kier alpha value is -2.89. The van der Waals surface area contributed by atoms with Crippen molar-refractivity contribution in [3.8, 4) is 11.5 Å². The van der Waals surface area contributed by atoms with E-state index in [9.17, 15) is 14.0 Å². The Bertz CT molecular complexity index is 941. The van der Waals surface area contributed by atoms with Crippen molar-refractivity contribution in [1.82, 2.24) is 0 Å². The third kappa shape index (κ3) is 11.8. The van der Waals surface area contributed by atoms with E-state index in [0.717, 1.165) is 51.0 Å². The summed E-state index contributed by atoms with van der Waals surface area (Å²) >= 11 is 0. The van der Waals surface area contributed by atoms with Crippen molar-refractivity contribution in [3.05, 3.63) is 59.4 Å². The zero-order chi connectivity index (χ0) is 26.9. The van der Waals surface area contributed by atoms with Crippen LogP contribution in [0.2, 0.25) is 0 Å². The molecule has 6 heteroatoms. The molecule has 0 fully saturated rings. The average Bonchev–Trinajstić information content (AvgIpc) is 2.88. The summed E-state index contributed by atoms with van der Waals surface area (Å²) in [6.45, 7) is 6.80. The Labute approximate surface area is 221 Å². The second-order valence-corrected chi connectivity index (χ2v) is 9.59. The van der Waals surface area contributed by atoms with Gasteiger partial charge in [-0.1, -0.05) is 71.6 Å². The standard InChI is InChI=1S/C31H43FO5/c1-4-6-8-10-11-12-14-22-35-26-18-16-25(17-19-26)30(33)37-27-20-21-28(29(32)23-27)31(34)36-24(3)15-13-9-7-5-2/h16-21,23-24H,4-15,22H2,1-3H3. The molecular weight excluding hydrogens is 471 g/mol. The molecule has 0 bridgehead atoms. The lowest BCUT2D eigenvalue weighted by Gasteiger charge is -2.14. The number of carbonyl (C=O) groups excluding carboxylic acids is 2. The highest BCUT2D eigenvalue weighted by Gasteiger charge is 2.18. The van der Waals surface area contributed by atoms with E-state index in [4.69, 9.17) is 14.2 Å². The van der Waals surface area contributed by atoms with E-state index in [1.807, 2.05) is 6.92 Å². The molecule has 204 valence electrons. The average molecular weight is 515 g/mol. The van der Waals surface area contributed by atoms with E-state index in [-0.39, 0.29) is 17.4 Å². The highest BCUT2D eigenvalue weighted by atomic mass is 19.1. The predicted molar refractivity (Wildman–Crippen MR) is 145 cm³/mol. The van der Waals surface area contributed by atoms with Gasteiger partial charge < -0.3 is 14.2 Å². The third-order valence-electron chi connectivity index (χ3n) is 6.25. The van der Waals surface area contributed by atoms with Crippen LogP contribution in [0.4, 0.5) is 4.39 Å². The first-order chi connectivity index (χ1) is 17.9. The monoisotopic (exact) mass is 514 g/mol. The SMILES string of the molecule is CCCCCCCCCOc1ccc(C(=O)Oc2ccc(C(=O)OC(C)CCCCCC)c(F)c2)cc1. The van der Waals surface area contributed by atoms with Crippen molar-refractivity contribution < 1.29 is 28.2 Å². The van der Waals surface area contributed by atoms with Gasteiger partial charge in [0.1, 0.15) is 17.3 Å². The van der Waals surface area contributed by atoms with Gasteiger partial charge in [0.05, 0.1) is 23.8 Å². The molecule has 5 nitrogen and oxygen atoms in total. The van der Waals surface area contributed by atoms with Gasteiger partial charge in [-0.25, -0.2) is 14.0 Å². The first-order valence-corrected chi connectivity index (χ1v) is 13.9. The molecule has 0 saturated carbocycles. The molecule has 0 amide bonds. The number of hydrogen-bond acceptors (Lipinski definition) is 5. The van der Waals surface area contributed by atoms with E-state index in [0.29, 0.717) is 17.9 Å². The zero-order valence-corrected chi connectivity index (χ0v) is 22.7. The fraction of sp³-hybridized carbons (Fsp3) is 0.548. The summed E-state index contributed by atoms with van der Waals surface area (Å²) in [4.78, 5) is 24.8. The maximum atomic E-state index is 14.6. The lowest BCUT2D eigenvalue weighted by molar-refractivity contribution is 0.0314. The second-order valence-electron chi connectivity index (χ2n) is 9.59. The molecule has 0 saturated heterocycles. The topological polar surface area (TPSA) is 61.8 Å². The molecule has 0 aromatic heterocycles. The van der Waals surface area contributed by atoms with Crippen molar-refractivity contribution in [2.24, 2.45) is 0 Å². The van der Waals surface area contributed by atoms with Crippen LogP contribution in [0.15, 0.2) is 42.5 Å². The minimum atomic E-state index is -0.789. The van der Waals surface area contributed by atoms with Crippen molar-refractivity contribution in [2.75, 3.05) is 6.61 Å². The number of unbranched alkanes of at least 4 members (excludes halogenated alkanes) is 9. The van der Waals surface area contributed by atoms with Crippen molar-refractivity contribution in [2.45, 2.75) is 104 Å². The zero-order valence-electron chi connectivity index (χ0n) is 22.7. The van der Waals surface area contributed by atoms with Gasteiger partial charge in [-0.3, -0.25) is 0 Å². The van der Waals surface area contributed by atoms with E-state index < -0.39 is 17.8 Å². The largest absolute Gasteiger partial charge is 0.494 e. The van der Waals surface area contributed by atoms with Crippen LogP contribution in [0.5, 0.6) is 11.5 Å². The molecular formula is C31H43FO5. The van der Waals surface area contributed by atoms with Crippen LogP contribution in [-0.4, -0.2) is 24.6 Å². The van der Waals surface area contributed by atoms with Crippen LogP contribution in [-0.2, 0) is 4.74 Å². The number of halogens is 1. The number of benzene rings is 2. The van der Waals surface area contributed by atoms with Crippen LogP contribution >= 0.6 is 0 Å². The fourth-order valence-electron chi connectivity index (χ4n) is 3.99. The predicted octanol–water partition coefficient (Wildman–Crippen LogP) is 8.69. The van der Waals surface area contributed by atoms with Gasteiger partial charge in [0.2, 0.25) is 0 Å². The molecule has 0 aliphatic carbocycles. The van der Waals surface area contributed by atoms with Crippen molar-refractivity contribution in [1.29, 1.82) is 0 Å². The lowest BCUT2D eigenvalue weighted by Crippen LogP contribution is -2.16. The van der Waals surface area contributed by atoms with E-state index in [1.165, 1.54) is 44.2 Å². The Balaban J connectivity index is 1.78. The maximum Gasteiger partial charge on any atom is 0.343 e. The molecule has 0 aliphatic rings. The van der Waals surface area contributed by atoms with E-state index >= 15 is 0 Å². The Morgan fingerprint density at radius 2 is 1.35 bits per heavy atom. The Morgan fingerprint density at radius 3 is 2.00 bits per heavy atom. The summed E-state index contributed by atoms with van der Waals surface area (Å²) in [7, 11) is 0. The molecule has 1 unspecified atom stereocenters. The van der Waals surface area contributed by atoms with Gasteiger partial charge in [0.25, 0.3) is 0 Å². The van der Waals surface area contributed by atoms with Crippen molar-refractivity contribution >= 4 is 11.9 Å². The van der Waals surface area contributed by atoms with Crippen LogP contribution in [0.1, 0.15) is 119 Å². The minimum Gasteiger partial charge on any atom is -0.494 e. The summed E-state index contributed by atoms with van der Waals surface area (Å²) in [5, 5.41) is 0. The highest BCUT2D eigenvalue weighted by Crippen LogP contribution is 2.21. The van der Waals surface area contributed by atoms with Crippen LogP contribution < -0.4 is 9.47 Å². The van der Waals surface area contributed by atoms with Crippen molar-refractivity contribution in [3.63, 3.8) is 0 Å². The van der Waals surface area contributed by atoms with Gasteiger partial charge in [-0.05, 0) is 62.6 Å². The summed E-state index contributed by atoms with van der Waals surface area (Å²) in [6, 6.07) is 10.4. The quantitative estimate of drug-likeness (QED) is 0.113. The summed E-state index contributed by atoms with van der Waals surface area (Å²) in [5.74, 6) is -1.41. The molecule has 2 rings (SSSR count). The van der Waals surface area contributed by atoms with Gasteiger partial charge in [0, 0.05) is 6.07 Å². The van der Waals surface area contributed by atoms with Crippen LogP contribution in [0.25, 0.3) is 0 Å². The Morgan fingerprint density at radius 1 is 0.757 bits per heavy atom. The molecule has 2 aromatic carbocycles. The van der Waals surface area contributed by atoms with Gasteiger partial charge in [-0.2, -0.15) is 0 Å². The Kier molecular flexibility index (Phi) is 14.4. The van der Waals surface area contributed by atoms with E-state index in [1.54, 1.807) is 24.3 Å². The number of hydrogen-bond donors (Lipinski definition) is 0. The summed E-state index contributed by atoms with van der Waals surface area (Å²) < 4.78 is 31.0. The highest BCUT2D eigenvalue weighted by molar-refractivity contribution is 5.92. The van der Waals surface area contributed by atoms with Crippen LogP contribution in [0.3, 0.4) is 0 Å². The normalized spacial score (nSPS) is 11.7. The molecule has 1 atom stereocenters. The molecule has 0 radical (unpaired) electrons. The van der Waals surface area contributed by atoms with E-state index in [2.05, 4.69) is 13.8 Å². The van der Waals surface area contributed by atoms with Gasteiger partial charge >= 0.3 is 11.9 Å². The first kappa shape index (κ1) is 30.3.